The van der Waals surface area contributed by atoms with Gasteiger partial charge in [0.15, 0.2) is 11.4 Å². The molecule has 1 amide bonds. The summed E-state index contributed by atoms with van der Waals surface area (Å²) in [6.07, 6.45) is -0.229. The molecular formula is C18H21ClN2O5. The molecule has 7 nitrogen and oxygen atoms in total. The fourth-order valence-electron chi connectivity index (χ4n) is 2.47. The first kappa shape index (κ1) is 19.8. The molecule has 0 radical (unpaired) electrons. The quantitative estimate of drug-likeness (QED) is 0.710. The number of nitrogens with zero attached hydrogens (tertiary/aromatic N) is 1. The van der Waals surface area contributed by atoms with Gasteiger partial charge in [-0.05, 0) is 31.9 Å². The lowest BCUT2D eigenvalue weighted by atomic mass is 10.0. The van der Waals surface area contributed by atoms with E-state index in [1.807, 2.05) is 0 Å². The third-order valence-corrected chi connectivity index (χ3v) is 4.02. The number of aliphatic carboxylic acids is 1. The third-order valence-electron chi connectivity index (χ3n) is 3.70. The van der Waals surface area contributed by atoms with Gasteiger partial charge in [-0.3, -0.25) is 4.79 Å². The number of ether oxygens (including phenoxy) is 1. The van der Waals surface area contributed by atoms with Gasteiger partial charge in [-0.25, -0.2) is 9.78 Å². The van der Waals surface area contributed by atoms with Gasteiger partial charge in [-0.15, -0.1) is 0 Å². The standard InChI is InChI=1S/C18H21ClN2O5/c1-8(2)13(18(24)25)20-16(23)14-15(22)12-10(6-5-7-11(12)19)17(21-14)26-9(3)4/h5-9,13,22H,1-4H3,(H,20,23)(H,24,25)/t13-/m0/s1. The van der Waals surface area contributed by atoms with Crippen LogP contribution in [0.3, 0.4) is 0 Å². The van der Waals surface area contributed by atoms with E-state index < -0.39 is 23.7 Å². The molecule has 0 unspecified atom stereocenters. The highest BCUT2D eigenvalue weighted by molar-refractivity contribution is 6.36. The maximum absolute atomic E-state index is 12.6. The molecule has 0 aliphatic rings. The molecule has 0 spiro atoms. The van der Waals surface area contributed by atoms with Gasteiger partial charge in [0.05, 0.1) is 16.5 Å². The molecule has 1 atom stereocenters. The Morgan fingerprint density at radius 1 is 1.23 bits per heavy atom. The minimum Gasteiger partial charge on any atom is -0.505 e. The van der Waals surface area contributed by atoms with Crippen LogP contribution < -0.4 is 10.1 Å². The molecule has 0 saturated heterocycles. The Morgan fingerprint density at radius 2 is 1.88 bits per heavy atom. The van der Waals surface area contributed by atoms with Gasteiger partial charge in [0, 0.05) is 5.39 Å². The summed E-state index contributed by atoms with van der Waals surface area (Å²) in [5.41, 5.74) is -0.340. The highest BCUT2D eigenvalue weighted by Crippen LogP contribution is 2.38. The lowest BCUT2D eigenvalue weighted by Crippen LogP contribution is -2.44. The predicted octanol–water partition coefficient (Wildman–Crippen LogP) is 3.22. The van der Waals surface area contributed by atoms with Crippen molar-refractivity contribution in [2.75, 3.05) is 0 Å². The summed E-state index contributed by atoms with van der Waals surface area (Å²) < 4.78 is 5.65. The Bertz CT molecular complexity index is 851. The highest BCUT2D eigenvalue weighted by Gasteiger charge is 2.28. The number of aromatic nitrogens is 1. The molecule has 2 rings (SSSR count). The van der Waals surface area contributed by atoms with Crippen molar-refractivity contribution in [3.63, 3.8) is 0 Å². The van der Waals surface area contributed by atoms with Crippen LogP contribution in [0, 0.1) is 5.92 Å². The number of carbonyl (C=O) groups is 2. The molecule has 0 fully saturated rings. The van der Waals surface area contributed by atoms with Crippen LogP contribution >= 0.6 is 11.6 Å². The molecular weight excluding hydrogens is 360 g/mol. The average molecular weight is 381 g/mol. The summed E-state index contributed by atoms with van der Waals surface area (Å²) >= 11 is 6.18. The van der Waals surface area contributed by atoms with E-state index in [0.29, 0.717) is 5.39 Å². The van der Waals surface area contributed by atoms with E-state index in [9.17, 15) is 19.8 Å². The summed E-state index contributed by atoms with van der Waals surface area (Å²) in [7, 11) is 0. The van der Waals surface area contributed by atoms with E-state index in [1.165, 1.54) is 0 Å². The van der Waals surface area contributed by atoms with E-state index in [2.05, 4.69) is 10.3 Å². The normalized spacial score (nSPS) is 12.4. The number of nitrogens with one attached hydrogen (secondary N) is 1. The van der Waals surface area contributed by atoms with Crippen LogP contribution in [0.4, 0.5) is 0 Å². The lowest BCUT2D eigenvalue weighted by Gasteiger charge is -2.19. The number of benzene rings is 1. The molecule has 8 heteroatoms. The van der Waals surface area contributed by atoms with E-state index in [4.69, 9.17) is 16.3 Å². The number of halogens is 1. The number of amides is 1. The Hall–Kier alpha value is -2.54. The maximum atomic E-state index is 12.6. The van der Waals surface area contributed by atoms with Crippen LogP contribution in [0.1, 0.15) is 38.2 Å². The first-order valence-corrected chi connectivity index (χ1v) is 8.52. The number of rotatable bonds is 6. The molecule has 1 aromatic carbocycles. The van der Waals surface area contributed by atoms with Crippen LogP contribution in [0.5, 0.6) is 11.6 Å². The van der Waals surface area contributed by atoms with Crippen molar-refractivity contribution in [3.05, 3.63) is 28.9 Å². The van der Waals surface area contributed by atoms with Gasteiger partial charge in [-0.2, -0.15) is 0 Å². The van der Waals surface area contributed by atoms with E-state index in [0.717, 1.165) is 0 Å². The molecule has 1 aromatic heterocycles. The highest BCUT2D eigenvalue weighted by atomic mass is 35.5. The molecule has 0 saturated carbocycles. The molecule has 0 aliphatic heterocycles. The zero-order valence-corrected chi connectivity index (χ0v) is 15.7. The molecule has 0 bridgehead atoms. The predicted molar refractivity (Wildman–Crippen MR) is 97.9 cm³/mol. The van der Waals surface area contributed by atoms with Crippen LogP contribution in [0.2, 0.25) is 5.02 Å². The number of fused-ring (bicyclic) bond motifs is 1. The van der Waals surface area contributed by atoms with Crippen molar-refractivity contribution in [3.8, 4) is 11.6 Å². The number of hydrogen-bond acceptors (Lipinski definition) is 5. The van der Waals surface area contributed by atoms with Crippen molar-refractivity contribution in [2.24, 2.45) is 5.92 Å². The number of pyridine rings is 1. The number of carboxylic acid groups (broad SMARTS) is 1. The SMILES string of the molecule is CC(C)Oc1nc(C(=O)N[C@H](C(=O)O)C(C)C)c(O)c2c(Cl)cccc12. The molecule has 2 aromatic rings. The van der Waals surface area contributed by atoms with Gasteiger partial charge in [0.2, 0.25) is 5.88 Å². The molecule has 3 N–H and O–H groups in total. The maximum Gasteiger partial charge on any atom is 0.326 e. The molecule has 140 valence electrons. The van der Waals surface area contributed by atoms with Crippen molar-refractivity contribution >= 4 is 34.2 Å². The minimum absolute atomic E-state index is 0.136. The summed E-state index contributed by atoms with van der Waals surface area (Å²) in [6.45, 7) is 6.92. The van der Waals surface area contributed by atoms with Gasteiger partial charge >= 0.3 is 5.97 Å². The largest absolute Gasteiger partial charge is 0.505 e. The second-order valence-electron chi connectivity index (χ2n) is 6.48. The van der Waals surface area contributed by atoms with Crippen LogP contribution in [-0.4, -0.2) is 39.2 Å². The van der Waals surface area contributed by atoms with E-state index >= 15 is 0 Å². The summed E-state index contributed by atoms with van der Waals surface area (Å²) in [5, 5.41) is 23.1. The molecule has 1 heterocycles. The summed E-state index contributed by atoms with van der Waals surface area (Å²) in [4.78, 5) is 28.0. The third kappa shape index (κ3) is 3.99. The Labute approximate surface area is 155 Å². The number of carboxylic acids is 1. The Kier molecular flexibility index (Phi) is 5.92. The first-order chi connectivity index (χ1) is 12.1. The van der Waals surface area contributed by atoms with Crippen LogP contribution in [0.15, 0.2) is 18.2 Å². The van der Waals surface area contributed by atoms with Crippen molar-refractivity contribution in [1.82, 2.24) is 10.3 Å². The Balaban J connectivity index is 2.59. The Morgan fingerprint density at radius 3 is 2.42 bits per heavy atom. The number of hydrogen-bond donors (Lipinski definition) is 3. The average Bonchev–Trinajstić information content (AvgIpc) is 2.53. The van der Waals surface area contributed by atoms with Crippen molar-refractivity contribution < 1.29 is 24.5 Å². The summed E-state index contributed by atoms with van der Waals surface area (Å²) in [6, 6.07) is 3.79. The number of carbonyl (C=O) groups excluding carboxylic acids is 1. The fourth-order valence-corrected chi connectivity index (χ4v) is 2.73. The van der Waals surface area contributed by atoms with Crippen molar-refractivity contribution in [2.45, 2.75) is 39.8 Å². The first-order valence-electron chi connectivity index (χ1n) is 8.15. The fraction of sp³-hybridized carbons (Fsp3) is 0.389. The molecule has 26 heavy (non-hydrogen) atoms. The van der Waals surface area contributed by atoms with Gasteiger partial charge in [0.25, 0.3) is 5.91 Å². The van der Waals surface area contributed by atoms with Crippen LogP contribution in [0.25, 0.3) is 10.8 Å². The van der Waals surface area contributed by atoms with Gasteiger partial charge < -0.3 is 20.3 Å². The topological polar surface area (TPSA) is 109 Å². The second-order valence-corrected chi connectivity index (χ2v) is 6.88. The lowest BCUT2D eigenvalue weighted by molar-refractivity contribution is -0.140. The minimum atomic E-state index is -1.18. The zero-order chi connectivity index (χ0) is 19.6. The van der Waals surface area contributed by atoms with Gasteiger partial charge in [0.1, 0.15) is 6.04 Å². The summed E-state index contributed by atoms with van der Waals surface area (Å²) in [5.74, 6) is -2.64. The van der Waals surface area contributed by atoms with E-state index in [1.54, 1.807) is 45.9 Å². The monoisotopic (exact) mass is 380 g/mol. The van der Waals surface area contributed by atoms with Gasteiger partial charge in [-0.1, -0.05) is 31.5 Å². The smallest absolute Gasteiger partial charge is 0.326 e. The second kappa shape index (κ2) is 7.78. The van der Waals surface area contributed by atoms with Crippen LogP contribution in [-0.2, 0) is 4.79 Å². The van der Waals surface area contributed by atoms with Crippen molar-refractivity contribution in [1.29, 1.82) is 0 Å². The zero-order valence-electron chi connectivity index (χ0n) is 14.9. The molecule has 0 aliphatic carbocycles. The van der Waals surface area contributed by atoms with E-state index in [-0.39, 0.29) is 34.0 Å². The number of aromatic hydroxyl groups is 1.